The van der Waals surface area contributed by atoms with Gasteiger partial charge in [-0.15, -0.1) is 10.2 Å². The summed E-state index contributed by atoms with van der Waals surface area (Å²) in [5, 5.41) is 15.9. The third kappa shape index (κ3) is 2.89. The Morgan fingerprint density at radius 3 is 2.72 bits per heavy atom. The van der Waals surface area contributed by atoms with Gasteiger partial charge in [-0.3, -0.25) is 4.79 Å². The van der Waals surface area contributed by atoms with E-state index in [0.717, 1.165) is 5.56 Å². The number of carbonyl (C=O) groups excluding carboxylic acids is 1. The molecule has 1 aromatic heterocycles. The van der Waals surface area contributed by atoms with E-state index in [9.17, 15) is 4.79 Å². The molecule has 2 aromatic rings. The van der Waals surface area contributed by atoms with E-state index in [1.165, 1.54) is 0 Å². The van der Waals surface area contributed by atoms with Gasteiger partial charge in [0.25, 0.3) is 5.91 Å². The van der Waals surface area contributed by atoms with Crippen molar-refractivity contribution in [3.05, 3.63) is 41.2 Å². The van der Waals surface area contributed by atoms with E-state index in [1.54, 1.807) is 12.1 Å². The Hall–Kier alpha value is -2.28. The summed E-state index contributed by atoms with van der Waals surface area (Å²) in [5.41, 5.74) is 7.30. The Kier molecular flexibility index (Phi) is 3.63. The number of nitrogens with two attached hydrogens (primary N) is 1. The van der Waals surface area contributed by atoms with Gasteiger partial charge < -0.3 is 11.1 Å². The quantitative estimate of drug-likeness (QED) is 0.711. The van der Waals surface area contributed by atoms with Crippen LogP contribution in [0, 0.1) is 0 Å². The average molecular weight is 246 g/mol. The van der Waals surface area contributed by atoms with Crippen LogP contribution >= 0.6 is 0 Å². The monoisotopic (exact) mass is 246 g/mol. The maximum atomic E-state index is 11.8. The zero-order valence-electron chi connectivity index (χ0n) is 9.92. The topological polar surface area (TPSA) is 110 Å². The van der Waals surface area contributed by atoms with Crippen LogP contribution in [0.3, 0.4) is 0 Å². The van der Waals surface area contributed by atoms with Crippen molar-refractivity contribution < 1.29 is 4.79 Å². The molecule has 0 spiro atoms. The lowest BCUT2D eigenvalue weighted by Crippen LogP contribution is -2.23. The summed E-state index contributed by atoms with van der Waals surface area (Å²) in [7, 11) is 0. The lowest BCUT2D eigenvalue weighted by atomic mass is 10.1. The smallest absolute Gasteiger partial charge is 0.251 e. The first-order valence-electron chi connectivity index (χ1n) is 5.53. The third-order valence-electron chi connectivity index (χ3n) is 2.49. The molecule has 0 radical (unpaired) electrons. The second kappa shape index (κ2) is 5.37. The highest BCUT2D eigenvalue weighted by atomic mass is 16.1. The zero-order valence-corrected chi connectivity index (χ0v) is 9.92. The number of nitrogens with zero attached hydrogens (tertiary/aromatic N) is 3. The van der Waals surface area contributed by atoms with Crippen LogP contribution in [-0.2, 0) is 6.54 Å². The SMILES string of the molecule is C[C@@H](N)c1ccc(C(=O)NCc2nn[nH]n2)cc1. The lowest BCUT2D eigenvalue weighted by Gasteiger charge is -2.07. The van der Waals surface area contributed by atoms with Crippen LogP contribution in [0.25, 0.3) is 0 Å². The Bertz CT molecular complexity index is 505. The summed E-state index contributed by atoms with van der Waals surface area (Å²) in [4.78, 5) is 11.8. The van der Waals surface area contributed by atoms with Crippen molar-refractivity contribution in [3.8, 4) is 0 Å². The van der Waals surface area contributed by atoms with Crippen molar-refractivity contribution in [1.82, 2.24) is 25.9 Å². The Morgan fingerprint density at radius 2 is 2.17 bits per heavy atom. The molecular formula is C11H14N6O. The van der Waals surface area contributed by atoms with Gasteiger partial charge in [0, 0.05) is 11.6 Å². The van der Waals surface area contributed by atoms with Crippen LogP contribution in [0.1, 0.15) is 34.7 Å². The third-order valence-corrected chi connectivity index (χ3v) is 2.49. The van der Waals surface area contributed by atoms with Crippen LogP contribution < -0.4 is 11.1 Å². The van der Waals surface area contributed by atoms with Gasteiger partial charge in [-0.25, -0.2) is 0 Å². The largest absolute Gasteiger partial charge is 0.345 e. The van der Waals surface area contributed by atoms with Gasteiger partial charge in [0.1, 0.15) is 0 Å². The maximum absolute atomic E-state index is 11.8. The predicted octanol–water partition coefficient (Wildman–Crippen LogP) is 0.149. The summed E-state index contributed by atoms with van der Waals surface area (Å²) in [6, 6.07) is 7.12. The zero-order chi connectivity index (χ0) is 13.0. The first kappa shape index (κ1) is 12.2. The number of amides is 1. The number of rotatable bonds is 4. The number of aromatic amines is 1. The summed E-state index contributed by atoms with van der Waals surface area (Å²) >= 11 is 0. The molecule has 1 aromatic carbocycles. The maximum Gasteiger partial charge on any atom is 0.251 e. The molecule has 2 rings (SSSR count). The Morgan fingerprint density at radius 1 is 1.44 bits per heavy atom. The number of hydrogen-bond donors (Lipinski definition) is 3. The second-order valence-corrected chi connectivity index (χ2v) is 3.92. The number of carbonyl (C=O) groups is 1. The average Bonchev–Trinajstić information content (AvgIpc) is 2.89. The van der Waals surface area contributed by atoms with Gasteiger partial charge >= 0.3 is 0 Å². The molecule has 4 N–H and O–H groups in total. The van der Waals surface area contributed by atoms with Gasteiger partial charge in [-0.1, -0.05) is 17.3 Å². The van der Waals surface area contributed by atoms with Crippen LogP contribution in [0.4, 0.5) is 0 Å². The van der Waals surface area contributed by atoms with Crippen molar-refractivity contribution in [2.75, 3.05) is 0 Å². The van der Waals surface area contributed by atoms with Crippen LogP contribution in [0.15, 0.2) is 24.3 Å². The number of benzene rings is 1. The fourth-order valence-electron chi connectivity index (χ4n) is 1.46. The summed E-state index contributed by atoms with van der Waals surface area (Å²) < 4.78 is 0. The molecule has 0 unspecified atom stereocenters. The summed E-state index contributed by atoms with van der Waals surface area (Å²) in [5.74, 6) is 0.256. The molecule has 7 nitrogen and oxygen atoms in total. The van der Waals surface area contributed by atoms with Gasteiger partial charge in [0.2, 0.25) is 0 Å². The minimum absolute atomic E-state index is 0.0403. The number of nitrogens with one attached hydrogen (secondary N) is 2. The molecule has 18 heavy (non-hydrogen) atoms. The molecule has 0 aliphatic carbocycles. The molecule has 7 heteroatoms. The highest BCUT2D eigenvalue weighted by molar-refractivity contribution is 5.94. The van der Waals surface area contributed by atoms with Gasteiger partial charge in [0.15, 0.2) is 5.82 Å². The van der Waals surface area contributed by atoms with Crippen molar-refractivity contribution >= 4 is 5.91 Å². The summed E-state index contributed by atoms with van der Waals surface area (Å²) in [6.45, 7) is 2.13. The van der Waals surface area contributed by atoms with Gasteiger partial charge in [-0.05, 0) is 24.6 Å². The van der Waals surface area contributed by atoms with E-state index < -0.39 is 0 Å². The fraction of sp³-hybridized carbons (Fsp3) is 0.273. The molecule has 0 aliphatic heterocycles. The predicted molar refractivity (Wildman–Crippen MR) is 64.4 cm³/mol. The van der Waals surface area contributed by atoms with Crippen LogP contribution in [0.5, 0.6) is 0 Å². The molecular weight excluding hydrogens is 232 g/mol. The molecule has 0 saturated heterocycles. The molecule has 1 amide bonds. The van der Waals surface area contributed by atoms with Gasteiger partial charge in [-0.2, -0.15) is 5.21 Å². The minimum atomic E-state index is -0.184. The van der Waals surface area contributed by atoms with Crippen molar-refractivity contribution in [2.45, 2.75) is 19.5 Å². The molecule has 0 fully saturated rings. The fourth-order valence-corrected chi connectivity index (χ4v) is 1.46. The molecule has 0 bridgehead atoms. The highest BCUT2D eigenvalue weighted by Gasteiger charge is 2.07. The van der Waals surface area contributed by atoms with Crippen LogP contribution in [0.2, 0.25) is 0 Å². The lowest BCUT2D eigenvalue weighted by molar-refractivity contribution is 0.0950. The van der Waals surface area contributed by atoms with Crippen LogP contribution in [-0.4, -0.2) is 26.5 Å². The molecule has 0 saturated carbocycles. The molecule has 0 aliphatic rings. The second-order valence-electron chi connectivity index (χ2n) is 3.92. The number of hydrogen-bond acceptors (Lipinski definition) is 5. The van der Waals surface area contributed by atoms with Crippen molar-refractivity contribution in [2.24, 2.45) is 5.73 Å². The minimum Gasteiger partial charge on any atom is -0.345 e. The van der Waals surface area contributed by atoms with E-state index in [1.807, 2.05) is 19.1 Å². The standard InChI is InChI=1S/C11H14N6O/c1-7(12)8-2-4-9(5-3-8)11(18)13-6-10-14-16-17-15-10/h2-5,7H,6,12H2,1H3,(H,13,18)(H,14,15,16,17)/t7-/m1/s1. The van der Waals surface area contributed by atoms with Crippen molar-refractivity contribution in [3.63, 3.8) is 0 Å². The number of tetrazole rings is 1. The molecule has 1 heterocycles. The Labute approximate surface area is 104 Å². The number of H-pyrrole nitrogens is 1. The molecule has 94 valence electrons. The van der Waals surface area contributed by atoms with E-state index >= 15 is 0 Å². The Balaban J connectivity index is 1.96. The number of aromatic nitrogens is 4. The summed E-state index contributed by atoms with van der Waals surface area (Å²) in [6.07, 6.45) is 0. The van der Waals surface area contributed by atoms with E-state index in [2.05, 4.69) is 25.9 Å². The molecule has 1 atom stereocenters. The normalized spacial score (nSPS) is 12.1. The highest BCUT2D eigenvalue weighted by Crippen LogP contribution is 2.10. The van der Waals surface area contributed by atoms with E-state index in [-0.39, 0.29) is 18.5 Å². The first-order valence-corrected chi connectivity index (χ1v) is 5.53. The first-order chi connectivity index (χ1) is 8.66. The van der Waals surface area contributed by atoms with Crippen molar-refractivity contribution in [1.29, 1.82) is 0 Å². The van der Waals surface area contributed by atoms with Gasteiger partial charge in [0.05, 0.1) is 6.54 Å². The van der Waals surface area contributed by atoms with E-state index in [0.29, 0.717) is 11.4 Å². The van der Waals surface area contributed by atoms with E-state index in [4.69, 9.17) is 5.73 Å².